The maximum Gasteiger partial charge on any atom is 0.416 e. The molecule has 2 N–H and O–H groups in total. The van der Waals surface area contributed by atoms with E-state index in [-0.39, 0.29) is 17.2 Å². The Balaban J connectivity index is 3.24. The molecule has 90 valence electrons. The van der Waals surface area contributed by atoms with Crippen molar-refractivity contribution in [2.24, 2.45) is 5.90 Å². The quantitative estimate of drug-likeness (QED) is 0.839. The number of rotatable bonds is 3. The fraction of sp³-hybridized carbons (Fsp3) is 0.400. The normalized spacial score (nSPS) is 13.9. The monoisotopic (exact) mass is 253 g/mol. The molecule has 1 aromatic rings. The third-order valence-corrected chi connectivity index (χ3v) is 2.53. The fourth-order valence-corrected chi connectivity index (χ4v) is 1.87. The lowest BCUT2D eigenvalue weighted by Crippen LogP contribution is -2.15. The molecular formula is C10H11ClF3NO. The second-order valence-corrected chi connectivity index (χ2v) is 3.84. The Labute approximate surface area is 96.1 Å². The van der Waals surface area contributed by atoms with Crippen LogP contribution in [-0.2, 0) is 11.0 Å². The highest BCUT2D eigenvalue weighted by Gasteiger charge is 2.35. The van der Waals surface area contributed by atoms with Crippen molar-refractivity contribution >= 4 is 11.6 Å². The van der Waals surface area contributed by atoms with E-state index in [1.807, 2.05) is 0 Å². The first kappa shape index (κ1) is 13.3. The van der Waals surface area contributed by atoms with Gasteiger partial charge in [-0.2, -0.15) is 13.2 Å². The summed E-state index contributed by atoms with van der Waals surface area (Å²) in [6.07, 6.45) is -4.43. The van der Waals surface area contributed by atoms with Crippen molar-refractivity contribution in [1.82, 2.24) is 0 Å². The van der Waals surface area contributed by atoms with Crippen molar-refractivity contribution < 1.29 is 18.0 Å². The van der Waals surface area contributed by atoms with Gasteiger partial charge in [-0.15, -0.1) is 0 Å². The van der Waals surface area contributed by atoms with Crippen molar-refractivity contribution in [1.29, 1.82) is 0 Å². The average Bonchev–Trinajstić information content (AvgIpc) is 2.16. The van der Waals surface area contributed by atoms with Gasteiger partial charge in [0.25, 0.3) is 0 Å². The minimum Gasteiger partial charge on any atom is -0.304 e. The SMILES string of the molecule is CC(CON)c1c(Cl)cccc1C(F)(F)F. The molecule has 0 spiro atoms. The van der Waals surface area contributed by atoms with Crippen LogP contribution in [0.5, 0.6) is 0 Å². The summed E-state index contributed by atoms with van der Waals surface area (Å²) in [5.74, 6) is 4.33. The highest BCUT2D eigenvalue weighted by molar-refractivity contribution is 6.31. The van der Waals surface area contributed by atoms with E-state index in [1.165, 1.54) is 12.1 Å². The van der Waals surface area contributed by atoms with Crippen molar-refractivity contribution in [3.63, 3.8) is 0 Å². The Morgan fingerprint density at radius 2 is 2.06 bits per heavy atom. The second kappa shape index (κ2) is 5.03. The van der Waals surface area contributed by atoms with E-state index in [0.29, 0.717) is 0 Å². The number of halogens is 4. The molecule has 0 aromatic heterocycles. The van der Waals surface area contributed by atoms with E-state index in [2.05, 4.69) is 4.84 Å². The number of alkyl halides is 3. The molecule has 0 saturated heterocycles. The first-order valence-corrected chi connectivity index (χ1v) is 4.93. The van der Waals surface area contributed by atoms with Gasteiger partial charge in [-0.05, 0) is 17.7 Å². The molecule has 0 amide bonds. The predicted molar refractivity (Wildman–Crippen MR) is 55.0 cm³/mol. The van der Waals surface area contributed by atoms with Gasteiger partial charge in [-0.3, -0.25) is 0 Å². The molecule has 0 fully saturated rings. The Morgan fingerprint density at radius 1 is 1.44 bits per heavy atom. The standard InChI is InChI=1S/C10H11ClF3NO/c1-6(5-16-15)9-7(10(12,13)14)3-2-4-8(9)11/h2-4,6H,5,15H2,1H3. The summed E-state index contributed by atoms with van der Waals surface area (Å²) in [6, 6.07) is 3.68. The first-order valence-electron chi connectivity index (χ1n) is 4.55. The second-order valence-electron chi connectivity index (χ2n) is 3.43. The van der Waals surface area contributed by atoms with Crippen LogP contribution in [0.4, 0.5) is 13.2 Å². The van der Waals surface area contributed by atoms with Crippen LogP contribution in [0.15, 0.2) is 18.2 Å². The fourth-order valence-electron chi connectivity index (χ4n) is 1.51. The molecule has 0 radical (unpaired) electrons. The minimum absolute atomic E-state index is 0.0158. The Hall–Kier alpha value is -0.780. The molecule has 1 aromatic carbocycles. The van der Waals surface area contributed by atoms with Crippen LogP contribution in [0, 0.1) is 0 Å². The zero-order valence-corrected chi connectivity index (χ0v) is 9.27. The lowest BCUT2D eigenvalue weighted by atomic mass is 9.96. The largest absolute Gasteiger partial charge is 0.416 e. The zero-order chi connectivity index (χ0) is 12.3. The summed E-state index contributed by atoms with van der Waals surface area (Å²) in [5, 5.41) is 0.0689. The third-order valence-electron chi connectivity index (χ3n) is 2.20. The van der Waals surface area contributed by atoms with Gasteiger partial charge in [0, 0.05) is 10.9 Å². The van der Waals surface area contributed by atoms with Crippen LogP contribution in [0.2, 0.25) is 5.02 Å². The van der Waals surface area contributed by atoms with E-state index >= 15 is 0 Å². The van der Waals surface area contributed by atoms with Crippen molar-refractivity contribution in [2.75, 3.05) is 6.61 Å². The molecule has 0 aliphatic heterocycles. The highest BCUT2D eigenvalue weighted by atomic mass is 35.5. The molecule has 0 aliphatic rings. The molecular weight excluding hydrogens is 243 g/mol. The summed E-state index contributed by atoms with van der Waals surface area (Å²) < 4.78 is 38.1. The molecule has 0 bridgehead atoms. The topological polar surface area (TPSA) is 35.2 Å². The van der Waals surface area contributed by atoms with Crippen LogP contribution in [0.25, 0.3) is 0 Å². The molecule has 2 nitrogen and oxygen atoms in total. The number of hydrogen-bond acceptors (Lipinski definition) is 2. The maximum absolute atomic E-state index is 12.7. The van der Waals surface area contributed by atoms with Crippen molar-refractivity contribution in [3.8, 4) is 0 Å². The maximum atomic E-state index is 12.7. The smallest absolute Gasteiger partial charge is 0.304 e. The summed E-state index contributed by atoms with van der Waals surface area (Å²) in [7, 11) is 0. The number of nitrogens with two attached hydrogens (primary N) is 1. The minimum atomic E-state index is -4.43. The average molecular weight is 254 g/mol. The molecule has 1 atom stereocenters. The van der Waals surface area contributed by atoms with E-state index < -0.39 is 17.7 Å². The number of hydrogen-bond donors (Lipinski definition) is 1. The molecule has 0 saturated carbocycles. The van der Waals surface area contributed by atoms with Crippen LogP contribution in [-0.4, -0.2) is 6.61 Å². The third kappa shape index (κ3) is 2.87. The molecule has 1 unspecified atom stereocenters. The van der Waals surface area contributed by atoms with Gasteiger partial charge >= 0.3 is 6.18 Å². The van der Waals surface area contributed by atoms with Gasteiger partial charge in [0.1, 0.15) is 0 Å². The van der Waals surface area contributed by atoms with E-state index in [0.717, 1.165) is 6.07 Å². The van der Waals surface area contributed by atoms with Gasteiger partial charge in [0.2, 0.25) is 0 Å². The summed E-state index contributed by atoms with van der Waals surface area (Å²) >= 11 is 5.77. The van der Waals surface area contributed by atoms with Crippen LogP contribution >= 0.6 is 11.6 Å². The lowest BCUT2D eigenvalue weighted by Gasteiger charge is -2.18. The van der Waals surface area contributed by atoms with Gasteiger partial charge < -0.3 is 4.84 Å². The van der Waals surface area contributed by atoms with E-state index in [4.69, 9.17) is 17.5 Å². The Morgan fingerprint density at radius 3 is 2.56 bits per heavy atom. The Bertz CT molecular complexity index is 368. The van der Waals surface area contributed by atoms with Crippen LogP contribution in [0.1, 0.15) is 24.0 Å². The van der Waals surface area contributed by atoms with Crippen LogP contribution in [0.3, 0.4) is 0 Å². The van der Waals surface area contributed by atoms with Gasteiger partial charge in [0.05, 0.1) is 12.2 Å². The Kier molecular flexibility index (Phi) is 4.18. The number of benzene rings is 1. The molecule has 0 aliphatic carbocycles. The molecule has 1 rings (SSSR count). The molecule has 16 heavy (non-hydrogen) atoms. The van der Waals surface area contributed by atoms with E-state index in [9.17, 15) is 13.2 Å². The van der Waals surface area contributed by atoms with Gasteiger partial charge in [-0.25, -0.2) is 5.90 Å². The summed E-state index contributed by atoms with van der Waals surface area (Å²) in [6.45, 7) is 1.55. The summed E-state index contributed by atoms with van der Waals surface area (Å²) in [4.78, 5) is 4.35. The zero-order valence-electron chi connectivity index (χ0n) is 8.51. The molecule has 6 heteroatoms. The predicted octanol–water partition coefficient (Wildman–Crippen LogP) is 3.35. The van der Waals surface area contributed by atoms with Crippen molar-refractivity contribution in [2.45, 2.75) is 19.0 Å². The molecule has 0 heterocycles. The highest BCUT2D eigenvalue weighted by Crippen LogP contribution is 2.38. The summed E-state index contributed by atoms with van der Waals surface area (Å²) in [5.41, 5.74) is -0.730. The lowest BCUT2D eigenvalue weighted by molar-refractivity contribution is -0.138. The van der Waals surface area contributed by atoms with Crippen LogP contribution < -0.4 is 5.90 Å². The van der Waals surface area contributed by atoms with Gasteiger partial charge in [-0.1, -0.05) is 24.6 Å². The van der Waals surface area contributed by atoms with Crippen molar-refractivity contribution in [3.05, 3.63) is 34.3 Å². The van der Waals surface area contributed by atoms with E-state index in [1.54, 1.807) is 6.92 Å². The van der Waals surface area contributed by atoms with Gasteiger partial charge in [0.15, 0.2) is 0 Å². The first-order chi connectivity index (χ1) is 7.38.